The van der Waals surface area contributed by atoms with Gasteiger partial charge in [0.2, 0.25) is 0 Å². The van der Waals surface area contributed by atoms with Gasteiger partial charge in [0, 0.05) is 4.47 Å². The van der Waals surface area contributed by atoms with Gasteiger partial charge in [0.15, 0.2) is 0 Å². The van der Waals surface area contributed by atoms with Gasteiger partial charge in [-0.15, -0.1) is 0 Å². The number of rotatable bonds is 2. The molecule has 0 fully saturated rings. The maximum Gasteiger partial charge on any atom is 0.116 e. The number of para-hydroxylation sites is 2. The van der Waals surface area contributed by atoms with Gasteiger partial charge in [-0.2, -0.15) is 0 Å². The number of hydrogen-bond donors (Lipinski definition) is 1. The van der Waals surface area contributed by atoms with Crippen molar-refractivity contribution < 1.29 is 0 Å². The van der Waals surface area contributed by atoms with E-state index in [9.17, 15) is 0 Å². The van der Waals surface area contributed by atoms with E-state index in [0.717, 1.165) is 21.2 Å². The Balaban J connectivity index is 2.00. The predicted molar refractivity (Wildman–Crippen MR) is 72.9 cm³/mol. The monoisotopic (exact) mass is 287 g/mol. The molecule has 0 amide bonds. The highest BCUT2D eigenvalue weighted by Gasteiger charge is 2.01. The summed E-state index contributed by atoms with van der Waals surface area (Å²) in [4.78, 5) is 4.33. The van der Waals surface area contributed by atoms with Crippen LogP contribution in [-0.2, 0) is 0 Å². The standard InChI is InChI=1S/C13H10BrN3/c14-10-4-3-5-11(8-10)16-17-9-15-12-6-1-2-7-13(12)17/h1-9,16H. The lowest BCUT2D eigenvalue weighted by molar-refractivity contribution is 0.988. The van der Waals surface area contributed by atoms with Gasteiger partial charge in [-0.1, -0.05) is 34.1 Å². The molecule has 0 unspecified atom stereocenters. The molecule has 3 aromatic rings. The normalized spacial score (nSPS) is 10.6. The first-order valence-corrected chi connectivity index (χ1v) is 6.07. The first kappa shape index (κ1) is 10.4. The molecule has 3 nitrogen and oxygen atoms in total. The van der Waals surface area contributed by atoms with E-state index in [4.69, 9.17) is 0 Å². The van der Waals surface area contributed by atoms with Gasteiger partial charge >= 0.3 is 0 Å². The number of aromatic nitrogens is 2. The highest BCUT2D eigenvalue weighted by molar-refractivity contribution is 9.10. The van der Waals surface area contributed by atoms with Crippen LogP contribution in [0, 0.1) is 0 Å². The number of imidazole rings is 1. The molecule has 0 atom stereocenters. The zero-order valence-corrected chi connectivity index (χ0v) is 10.6. The smallest absolute Gasteiger partial charge is 0.116 e. The SMILES string of the molecule is Brc1cccc(Nn2cnc3ccccc32)c1. The van der Waals surface area contributed by atoms with E-state index in [1.165, 1.54) is 0 Å². The lowest BCUT2D eigenvalue weighted by Gasteiger charge is -2.08. The molecular formula is C13H10BrN3. The minimum atomic E-state index is 0.981. The van der Waals surface area contributed by atoms with Crippen LogP contribution < -0.4 is 5.43 Å². The minimum Gasteiger partial charge on any atom is -0.293 e. The van der Waals surface area contributed by atoms with Gasteiger partial charge in [-0.05, 0) is 30.3 Å². The fourth-order valence-electron chi connectivity index (χ4n) is 1.75. The van der Waals surface area contributed by atoms with Gasteiger partial charge in [-0.25, -0.2) is 9.66 Å². The van der Waals surface area contributed by atoms with Crippen LogP contribution in [0.15, 0.2) is 59.3 Å². The Morgan fingerprint density at radius 3 is 2.82 bits per heavy atom. The Kier molecular flexibility index (Phi) is 2.57. The van der Waals surface area contributed by atoms with E-state index in [-0.39, 0.29) is 0 Å². The van der Waals surface area contributed by atoms with Crippen molar-refractivity contribution in [3.8, 4) is 0 Å². The minimum absolute atomic E-state index is 0.981. The van der Waals surface area contributed by atoms with E-state index >= 15 is 0 Å². The third-order valence-corrected chi connectivity index (χ3v) is 3.02. The van der Waals surface area contributed by atoms with E-state index in [2.05, 4.69) is 26.3 Å². The molecule has 0 aliphatic heterocycles. The summed E-state index contributed by atoms with van der Waals surface area (Å²) in [7, 11) is 0. The summed E-state index contributed by atoms with van der Waals surface area (Å²) >= 11 is 3.45. The molecule has 1 aromatic heterocycles. The van der Waals surface area contributed by atoms with Crippen LogP contribution in [0.4, 0.5) is 5.69 Å². The first-order chi connectivity index (χ1) is 8.33. The fraction of sp³-hybridized carbons (Fsp3) is 0. The highest BCUT2D eigenvalue weighted by Crippen LogP contribution is 2.17. The second-order valence-electron chi connectivity index (χ2n) is 3.73. The van der Waals surface area contributed by atoms with Crippen LogP contribution in [0.25, 0.3) is 11.0 Å². The Hall–Kier alpha value is -1.81. The molecule has 0 saturated carbocycles. The Labute approximate surface area is 107 Å². The third-order valence-electron chi connectivity index (χ3n) is 2.53. The number of fused-ring (bicyclic) bond motifs is 1. The Morgan fingerprint density at radius 1 is 1.06 bits per heavy atom. The first-order valence-electron chi connectivity index (χ1n) is 5.27. The van der Waals surface area contributed by atoms with Gasteiger partial charge in [0.05, 0.1) is 16.7 Å². The number of halogens is 1. The van der Waals surface area contributed by atoms with Crippen molar-refractivity contribution in [2.75, 3.05) is 5.43 Å². The van der Waals surface area contributed by atoms with E-state index in [1.807, 2.05) is 53.2 Å². The number of nitrogens with zero attached hydrogens (tertiary/aromatic N) is 2. The van der Waals surface area contributed by atoms with Crippen LogP contribution in [0.3, 0.4) is 0 Å². The molecule has 0 spiro atoms. The zero-order valence-electron chi connectivity index (χ0n) is 8.97. The molecule has 17 heavy (non-hydrogen) atoms. The van der Waals surface area contributed by atoms with Gasteiger partial charge in [0.1, 0.15) is 6.33 Å². The summed E-state index contributed by atoms with van der Waals surface area (Å²) in [5, 5.41) is 0. The summed E-state index contributed by atoms with van der Waals surface area (Å²) in [5.41, 5.74) is 6.35. The number of hydrogen-bond acceptors (Lipinski definition) is 2. The van der Waals surface area contributed by atoms with Crippen LogP contribution in [0.1, 0.15) is 0 Å². The molecule has 2 aromatic carbocycles. The molecule has 1 N–H and O–H groups in total. The fourth-order valence-corrected chi connectivity index (χ4v) is 2.14. The van der Waals surface area contributed by atoms with Crippen molar-refractivity contribution >= 4 is 32.7 Å². The lowest BCUT2D eigenvalue weighted by atomic mass is 10.3. The van der Waals surface area contributed by atoms with Crippen molar-refractivity contribution in [1.82, 2.24) is 9.66 Å². The number of anilines is 1. The van der Waals surface area contributed by atoms with Crippen LogP contribution in [0.5, 0.6) is 0 Å². The van der Waals surface area contributed by atoms with Crippen molar-refractivity contribution in [3.63, 3.8) is 0 Å². The molecular weight excluding hydrogens is 278 g/mol. The maximum atomic E-state index is 4.33. The van der Waals surface area contributed by atoms with Crippen LogP contribution in [-0.4, -0.2) is 9.66 Å². The molecule has 0 saturated heterocycles. The quantitative estimate of drug-likeness (QED) is 0.779. The molecule has 0 aliphatic carbocycles. The maximum absolute atomic E-state index is 4.33. The van der Waals surface area contributed by atoms with Gasteiger partial charge < -0.3 is 0 Å². The average molecular weight is 288 g/mol. The summed E-state index contributed by atoms with van der Waals surface area (Å²) in [6.45, 7) is 0. The Morgan fingerprint density at radius 2 is 1.94 bits per heavy atom. The summed E-state index contributed by atoms with van der Waals surface area (Å²) < 4.78 is 2.96. The predicted octanol–water partition coefficient (Wildman–Crippen LogP) is 3.67. The van der Waals surface area contributed by atoms with Crippen molar-refractivity contribution in [2.24, 2.45) is 0 Å². The average Bonchev–Trinajstić information content (AvgIpc) is 2.73. The highest BCUT2D eigenvalue weighted by atomic mass is 79.9. The van der Waals surface area contributed by atoms with Crippen molar-refractivity contribution in [1.29, 1.82) is 0 Å². The van der Waals surface area contributed by atoms with Gasteiger partial charge in [-0.3, -0.25) is 5.43 Å². The molecule has 3 rings (SSSR count). The third kappa shape index (κ3) is 2.03. The summed E-state index contributed by atoms with van der Waals surface area (Å²) in [5.74, 6) is 0. The van der Waals surface area contributed by atoms with Crippen LogP contribution >= 0.6 is 15.9 Å². The largest absolute Gasteiger partial charge is 0.293 e. The van der Waals surface area contributed by atoms with Crippen LogP contribution in [0.2, 0.25) is 0 Å². The summed E-state index contributed by atoms with van der Waals surface area (Å²) in [6, 6.07) is 16.0. The molecule has 84 valence electrons. The molecule has 1 heterocycles. The van der Waals surface area contributed by atoms with E-state index < -0.39 is 0 Å². The molecule has 0 aliphatic rings. The van der Waals surface area contributed by atoms with Crippen molar-refractivity contribution in [3.05, 3.63) is 59.3 Å². The van der Waals surface area contributed by atoms with E-state index in [1.54, 1.807) is 6.33 Å². The second-order valence-corrected chi connectivity index (χ2v) is 4.64. The van der Waals surface area contributed by atoms with E-state index in [0.29, 0.717) is 0 Å². The number of benzene rings is 2. The summed E-state index contributed by atoms with van der Waals surface area (Å²) in [6.07, 6.45) is 1.78. The molecule has 0 bridgehead atoms. The van der Waals surface area contributed by atoms with Crippen molar-refractivity contribution in [2.45, 2.75) is 0 Å². The number of nitrogens with one attached hydrogen (secondary N) is 1. The van der Waals surface area contributed by atoms with Gasteiger partial charge in [0.25, 0.3) is 0 Å². The lowest BCUT2D eigenvalue weighted by Crippen LogP contribution is -2.06. The topological polar surface area (TPSA) is 29.9 Å². The Bertz CT molecular complexity index is 660. The zero-order chi connectivity index (χ0) is 11.7. The molecule has 4 heteroatoms. The second kappa shape index (κ2) is 4.22. The molecule has 0 radical (unpaired) electrons.